The zero-order chi connectivity index (χ0) is 13.5. The molecule has 18 heavy (non-hydrogen) atoms. The second-order valence-electron chi connectivity index (χ2n) is 5.35. The Balaban J connectivity index is 2.35. The monoisotopic (exact) mass is 256 g/mol. The van der Waals surface area contributed by atoms with Crippen LogP contribution < -0.4 is 5.32 Å². The Hall–Kier alpha value is -0.810. The van der Waals surface area contributed by atoms with Gasteiger partial charge >= 0.3 is 0 Å². The molecule has 0 saturated carbocycles. The standard InChI is InChI=1S/C13H28N4O/c1-11(16(3)4)8-15-13(14-2)17(5)9-12-6-7-18-10-12/h11-12H,6-10H2,1-5H3,(H,14,15). The summed E-state index contributed by atoms with van der Waals surface area (Å²) in [5, 5.41) is 3.42. The maximum atomic E-state index is 5.41. The molecule has 0 spiro atoms. The minimum Gasteiger partial charge on any atom is -0.381 e. The van der Waals surface area contributed by atoms with Crippen LogP contribution in [0.3, 0.4) is 0 Å². The lowest BCUT2D eigenvalue weighted by molar-refractivity contribution is 0.181. The summed E-state index contributed by atoms with van der Waals surface area (Å²) in [6, 6.07) is 0.491. The summed E-state index contributed by atoms with van der Waals surface area (Å²) in [6.45, 7) is 5.91. The van der Waals surface area contributed by atoms with Crippen LogP contribution in [-0.4, -0.2) is 76.3 Å². The molecule has 0 aromatic carbocycles. The van der Waals surface area contributed by atoms with Gasteiger partial charge in [-0.15, -0.1) is 0 Å². The van der Waals surface area contributed by atoms with Gasteiger partial charge in [-0.3, -0.25) is 4.99 Å². The van der Waals surface area contributed by atoms with Crippen LogP contribution in [0.15, 0.2) is 4.99 Å². The Morgan fingerprint density at radius 1 is 1.44 bits per heavy atom. The minimum atomic E-state index is 0.491. The zero-order valence-corrected chi connectivity index (χ0v) is 12.4. The van der Waals surface area contributed by atoms with Crippen molar-refractivity contribution >= 4 is 5.96 Å². The summed E-state index contributed by atoms with van der Waals surface area (Å²) in [5.74, 6) is 1.61. The van der Waals surface area contributed by atoms with E-state index < -0.39 is 0 Å². The fourth-order valence-electron chi connectivity index (χ4n) is 2.01. The summed E-state index contributed by atoms with van der Waals surface area (Å²) in [6.07, 6.45) is 1.16. The Bertz CT molecular complexity index is 262. The zero-order valence-electron chi connectivity index (χ0n) is 12.4. The molecule has 0 aromatic heterocycles. The lowest BCUT2D eigenvalue weighted by atomic mass is 10.1. The van der Waals surface area contributed by atoms with E-state index in [9.17, 15) is 0 Å². The second kappa shape index (κ2) is 7.59. The first-order valence-corrected chi connectivity index (χ1v) is 6.70. The molecule has 1 aliphatic heterocycles. The third-order valence-corrected chi connectivity index (χ3v) is 3.57. The molecule has 0 aromatic rings. The highest BCUT2D eigenvalue weighted by Gasteiger charge is 2.19. The van der Waals surface area contributed by atoms with Gasteiger partial charge < -0.3 is 19.9 Å². The third-order valence-electron chi connectivity index (χ3n) is 3.57. The SMILES string of the molecule is CN=C(NCC(C)N(C)C)N(C)CC1CCOC1. The van der Waals surface area contributed by atoms with Gasteiger partial charge in [0.05, 0.1) is 6.61 Å². The molecule has 106 valence electrons. The van der Waals surface area contributed by atoms with E-state index in [-0.39, 0.29) is 0 Å². The van der Waals surface area contributed by atoms with Crippen LogP contribution in [0, 0.1) is 5.92 Å². The number of nitrogens with one attached hydrogen (secondary N) is 1. The molecule has 1 fully saturated rings. The first kappa shape index (κ1) is 15.2. The number of ether oxygens (including phenoxy) is 1. The van der Waals surface area contributed by atoms with Crippen LogP contribution in [0.25, 0.3) is 0 Å². The van der Waals surface area contributed by atoms with E-state index in [4.69, 9.17) is 4.74 Å². The number of nitrogens with zero attached hydrogens (tertiary/aromatic N) is 3. The van der Waals surface area contributed by atoms with Crippen molar-refractivity contribution in [2.45, 2.75) is 19.4 Å². The molecule has 5 nitrogen and oxygen atoms in total. The van der Waals surface area contributed by atoms with E-state index in [0.717, 1.165) is 38.7 Å². The van der Waals surface area contributed by atoms with E-state index in [1.54, 1.807) is 0 Å². The van der Waals surface area contributed by atoms with Gasteiger partial charge in [0.1, 0.15) is 0 Å². The highest BCUT2D eigenvalue weighted by atomic mass is 16.5. The molecule has 1 aliphatic rings. The molecule has 1 N–H and O–H groups in total. The Morgan fingerprint density at radius 3 is 2.67 bits per heavy atom. The van der Waals surface area contributed by atoms with Gasteiger partial charge in [-0.25, -0.2) is 0 Å². The van der Waals surface area contributed by atoms with Gasteiger partial charge in [0, 0.05) is 45.8 Å². The third kappa shape index (κ3) is 4.82. The largest absolute Gasteiger partial charge is 0.381 e. The van der Waals surface area contributed by atoms with E-state index in [1.165, 1.54) is 0 Å². The smallest absolute Gasteiger partial charge is 0.193 e. The highest BCUT2D eigenvalue weighted by molar-refractivity contribution is 5.79. The first-order valence-electron chi connectivity index (χ1n) is 6.70. The number of hydrogen-bond donors (Lipinski definition) is 1. The lowest BCUT2D eigenvalue weighted by Gasteiger charge is -2.27. The molecule has 2 atom stereocenters. The van der Waals surface area contributed by atoms with Crippen molar-refractivity contribution in [3.8, 4) is 0 Å². The molecular weight excluding hydrogens is 228 g/mol. The molecule has 0 amide bonds. The number of hydrogen-bond acceptors (Lipinski definition) is 3. The minimum absolute atomic E-state index is 0.491. The molecule has 1 rings (SSSR count). The van der Waals surface area contributed by atoms with Crippen LogP contribution in [0.2, 0.25) is 0 Å². The summed E-state index contributed by atoms with van der Waals surface area (Å²) in [4.78, 5) is 8.73. The maximum absolute atomic E-state index is 5.41. The lowest BCUT2D eigenvalue weighted by Crippen LogP contribution is -2.46. The topological polar surface area (TPSA) is 40.1 Å². The van der Waals surface area contributed by atoms with Crippen LogP contribution in [-0.2, 0) is 4.74 Å². The summed E-state index contributed by atoms with van der Waals surface area (Å²) >= 11 is 0. The van der Waals surface area contributed by atoms with Crippen molar-refractivity contribution in [2.75, 3.05) is 54.5 Å². The summed E-state index contributed by atoms with van der Waals surface area (Å²) in [5.41, 5.74) is 0. The average molecular weight is 256 g/mol. The molecule has 1 saturated heterocycles. The van der Waals surface area contributed by atoms with E-state index in [0.29, 0.717) is 12.0 Å². The van der Waals surface area contributed by atoms with Gasteiger partial charge in [0.25, 0.3) is 0 Å². The van der Waals surface area contributed by atoms with Crippen LogP contribution >= 0.6 is 0 Å². The van der Waals surface area contributed by atoms with Crippen molar-refractivity contribution in [2.24, 2.45) is 10.9 Å². The predicted octanol–water partition coefficient (Wildman–Crippen LogP) is 0.480. The quantitative estimate of drug-likeness (QED) is 0.574. The molecule has 2 unspecified atom stereocenters. The van der Waals surface area contributed by atoms with E-state index >= 15 is 0 Å². The fourth-order valence-corrected chi connectivity index (χ4v) is 2.01. The van der Waals surface area contributed by atoms with Gasteiger partial charge in [0.2, 0.25) is 0 Å². The van der Waals surface area contributed by atoms with Gasteiger partial charge in [0.15, 0.2) is 5.96 Å². The van der Waals surface area contributed by atoms with Crippen molar-refractivity contribution in [3.63, 3.8) is 0 Å². The number of guanidine groups is 1. The van der Waals surface area contributed by atoms with Crippen molar-refractivity contribution in [1.29, 1.82) is 0 Å². The van der Waals surface area contributed by atoms with Gasteiger partial charge in [-0.1, -0.05) is 0 Å². The number of aliphatic imine (C=N–C) groups is 1. The van der Waals surface area contributed by atoms with Crippen LogP contribution in [0.5, 0.6) is 0 Å². The summed E-state index contributed by atoms with van der Waals surface area (Å²) < 4.78 is 5.41. The molecule has 0 bridgehead atoms. The van der Waals surface area contributed by atoms with E-state index in [1.807, 2.05) is 7.05 Å². The molecule has 0 radical (unpaired) electrons. The van der Waals surface area contributed by atoms with Crippen molar-refractivity contribution in [3.05, 3.63) is 0 Å². The molecule has 0 aliphatic carbocycles. The predicted molar refractivity (Wildman–Crippen MR) is 76.1 cm³/mol. The van der Waals surface area contributed by atoms with Crippen molar-refractivity contribution in [1.82, 2.24) is 15.1 Å². The van der Waals surface area contributed by atoms with Crippen molar-refractivity contribution < 1.29 is 4.74 Å². The van der Waals surface area contributed by atoms with Gasteiger partial charge in [-0.2, -0.15) is 0 Å². The number of likely N-dealkylation sites (N-methyl/N-ethyl adjacent to an activating group) is 1. The fraction of sp³-hybridized carbons (Fsp3) is 0.923. The Labute approximate surface area is 111 Å². The van der Waals surface area contributed by atoms with Crippen LogP contribution in [0.4, 0.5) is 0 Å². The van der Waals surface area contributed by atoms with E-state index in [2.05, 4.69) is 48.2 Å². The average Bonchev–Trinajstić information content (AvgIpc) is 2.82. The van der Waals surface area contributed by atoms with Crippen LogP contribution in [0.1, 0.15) is 13.3 Å². The summed E-state index contributed by atoms with van der Waals surface area (Å²) in [7, 11) is 8.11. The Morgan fingerprint density at radius 2 is 2.17 bits per heavy atom. The molecule has 5 heteroatoms. The molecular formula is C13H28N4O. The maximum Gasteiger partial charge on any atom is 0.193 e. The first-order chi connectivity index (χ1) is 8.54. The number of rotatable bonds is 5. The normalized spacial score (nSPS) is 22.3. The highest BCUT2D eigenvalue weighted by Crippen LogP contribution is 2.13. The molecule has 1 heterocycles. The Kier molecular flexibility index (Phi) is 6.43. The second-order valence-corrected chi connectivity index (χ2v) is 5.35. The van der Waals surface area contributed by atoms with Gasteiger partial charge in [-0.05, 0) is 27.4 Å².